The lowest BCUT2D eigenvalue weighted by molar-refractivity contribution is 0.661. The monoisotopic (exact) mass is 1770 g/mol. The average Bonchev–Trinajstić information content (AvgIpc) is 1.49. The average molecular weight is 1770 g/mol. The molecule has 0 unspecified atom stereocenters. The van der Waals surface area contributed by atoms with Gasteiger partial charge in [-0.1, -0.05) is 387 Å². The fraction of sp³-hybridized carbons (Fsp3) is 0.0662. The predicted molar refractivity (Wildman–Crippen MR) is 591 cm³/mol. The molecule has 0 saturated heterocycles. The van der Waals surface area contributed by atoms with Crippen molar-refractivity contribution >= 4 is 140 Å². The van der Waals surface area contributed by atoms with Crippen LogP contribution in [0.3, 0.4) is 0 Å². The van der Waals surface area contributed by atoms with E-state index in [1.165, 1.54) is 230 Å². The fourth-order valence-corrected chi connectivity index (χ4v) is 23.8. The molecule has 0 amide bonds. The van der Waals surface area contributed by atoms with Crippen LogP contribution in [0.25, 0.3) is 252 Å². The first kappa shape index (κ1) is 81.4. The van der Waals surface area contributed by atoms with E-state index in [9.17, 15) is 0 Å². The molecule has 3 aromatic heterocycles. The topological polar surface area (TPSA) is 38.7 Å². The quantitative estimate of drug-likeness (QED) is 0.149. The first-order valence-electron chi connectivity index (χ1n) is 48.6. The lowest BCUT2D eigenvalue weighted by atomic mass is 9.80. The molecule has 0 radical (unpaired) electrons. The van der Waals surface area contributed by atoms with Crippen molar-refractivity contribution in [3.8, 4) is 112 Å². The minimum Gasteiger partial charge on any atom is -0.248 e. The second-order valence-corrected chi connectivity index (χ2v) is 39.9. The molecule has 0 spiro atoms. The van der Waals surface area contributed by atoms with Crippen molar-refractivity contribution in [2.45, 2.75) is 57.8 Å². The van der Waals surface area contributed by atoms with Crippen molar-refractivity contribution in [1.82, 2.24) is 15.0 Å². The second kappa shape index (κ2) is 31.5. The Kier molecular flexibility index (Phi) is 18.5. The van der Waals surface area contributed by atoms with Crippen molar-refractivity contribution in [2.75, 3.05) is 0 Å². The number of para-hydroxylation sites is 3. The highest BCUT2D eigenvalue weighted by Gasteiger charge is 2.40. The molecule has 0 N–H and O–H groups in total. The van der Waals surface area contributed by atoms with Crippen LogP contribution in [-0.4, -0.2) is 15.0 Å². The van der Waals surface area contributed by atoms with Crippen LogP contribution < -0.4 is 0 Å². The molecule has 139 heavy (non-hydrogen) atoms. The Morgan fingerprint density at radius 1 is 0.129 bits per heavy atom. The van der Waals surface area contributed by atoms with Gasteiger partial charge < -0.3 is 0 Å². The third-order valence-corrected chi connectivity index (χ3v) is 31.1. The Hall–Kier alpha value is -17.1. The summed E-state index contributed by atoms with van der Waals surface area (Å²) in [6.45, 7) is 14.2. The number of rotatable bonds is 7. The minimum absolute atomic E-state index is 0.0883. The maximum Gasteiger partial charge on any atom is 0.0716 e. The van der Waals surface area contributed by atoms with Crippen LogP contribution in [0.5, 0.6) is 0 Å². The lowest BCUT2D eigenvalue weighted by Crippen LogP contribution is -2.15. The smallest absolute Gasteiger partial charge is 0.0716 e. The van der Waals surface area contributed by atoms with E-state index in [0.717, 1.165) is 55.7 Å². The minimum atomic E-state index is -0.101. The van der Waals surface area contributed by atoms with Gasteiger partial charge in [0.2, 0.25) is 0 Å². The highest BCUT2D eigenvalue weighted by atomic mass is 14.7. The molecule has 3 aliphatic rings. The Bertz CT molecular complexity index is 9680. The van der Waals surface area contributed by atoms with Crippen LogP contribution in [0.4, 0.5) is 0 Å². The summed E-state index contributed by atoms with van der Waals surface area (Å²) in [4.78, 5) is 15.6. The van der Waals surface area contributed by atoms with Crippen LogP contribution in [0.2, 0.25) is 0 Å². The van der Waals surface area contributed by atoms with E-state index in [-0.39, 0.29) is 16.2 Å². The number of aromatic nitrogens is 3. The van der Waals surface area contributed by atoms with Crippen LogP contribution in [0.1, 0.15) is 74.9 Å². The third-order valence-electron chi connectivity index (χ3n) is 31.1. The summed E-state index contributed by atoms with van der Waals surface area (Å²) in [6.07, 6.45) is 0. The molecule has 3 aliphatic carbocycles. The maximum absolute atomic E-state index is 5.26. The van der Waals surface area contributed by atoms with Gasteiger partial charge in [0.25, 0.3) is 0 Å². The van der Waals surface area contributed by atoms with Gasteiger partial charge >= 0.3 is 0 Å². The zero-order valence-electron chi connectivity index (χ0n) is 78.1. The second-order valence-electron chi connectivity index (χ2n) is 39.9. The van der Waals surface area contributed by atoms with Gasteiger partial charge in [0.1, 0.15) is 0 Å². The van der Waals surface area contributed by atoms with Gasteiger partial charge in [-0.3, -0.25) is 0 Å². The summed E-state index contributed by atoms with van der Waals surface area (Å²) in [5, 5.41) is 29.2. The number of benzene rings is 23. The molecule has 3 heteroatoms. The van der Waals surface area contributed by atoms with Gasteiger partial charge in [0.15, 0.2) is 0 Å². The molecule has 652 valence electrons. The number of pyridine rings is 3. The van der Waals surface area contributed by atoms with E-state index < -0.39 is 0 Å². The molecule has 29 rings (SSSR count). The van der Waals surface area contributed by atoms with Gasteiger partial charge in [-0.15, -0.1) is 0 Å². The highest BCUT2D eigenvalue weighted by molar-refractivity contribution is 6.28. The van der Waals surface area contributed by atoms with E-state index in [4.69, 9.17) is 15.0 Å². The number of hydrogen-bond acceptors (Lipinski definition) is 3. The SMILES string of the molecule is CC1(C)c2cc(-c3cc(-c4ccc(-c5ccc6ccccc6c5)cc4)nc4ccccc34)ccc2-c2cc3ccccc3cc21.CC1(C)c2cc(-c3cc(-c4ccc5c(c4)C(C)(C)c4cc6ccccc6cc4-5)c4ccccc4n3)ccc2-c2cc3ccccc3cc21.c1ccc2c(-c3ccc4c5ccccc5c5ccccc5c4c3)cc(-c3ccc4c5ccccc5c5ccccc5c4c3)nc2c1. The fourth-order valence-electron chi connectivity index (χ4n) is 23.8. The zero-order chi connectivity index (χ0) is 92.7. The standard InChI is InChI=1S/C47H35N.C45H27N.C44H31N/c1-46(2)40-25-32(17-19-34(40)38-21-28-11-5-7-13-30(28)23-42(38)46)37-27-45(48-44-16-10-9-15-36(37)44)33-18-20-35-39-22-29-12-6-8-14-31(29)24-43(39)47(3,4)41(35)26-33;1-3-15-34-30(11-1)32-13-5-7-17-36(32)42-25-28(21-23-38(34)42)41-27-45(46-44-20-10-9-19-40(41)44)29-22-24-39-35-16-4-2-12-31(35)33-14-6-8-18-37(33)43(39)26-29;1-44(2)40-26-35(21-22-36(40)39-24-32-11-5-6-12-33(32)25-41(39)44)38-27-43(45-42-14-8-7-13-37(38)42)30-18-15-29(16-19-30)34-20-17-28-9-3-4-10-31(28)23-34/h5-27H,1-4H3;1-27H;3-27H,1-2H3. The van der Waals surface area contributed by atoms with E-state index in [1.54, 1.807) is 0 Å². The first-order chi connectivity index (χ1) is 68.1. The summed E-state index contributed by atoms with van der Waals surface area (Å²) < 4.78 is 0. The van der Waals surface area contributed by atoms with E-state index in [2.05, 4.69) is 497 Å². The van der Waals surface area contributed by atoms with Crippen LogP contribution in [0.15, 0.2) is 455 Å². The van der Waals surface area contributed by atoms with Gasteiger partial charge in [-0.25, -0.2) is 15.0 Å². The van der Waals surface area contributed by atoms with Gasteiger partial charge in [0, 0.05) is 49.1 Å². The molecule has 23 aromatic carbocycles. The van der Waals surface area contributed by atoms with E-state index in [1.807, 2.05) is 0 Å². The van der Waals surface area contributed by atoms with Crippen LogP contribution in [-0.2, 0) is 16.2 Å². The molecule has 0 saturated carbocycles. The van der Waals surface area contributed by atoms with Crippen molar-refractivity contribution in [3.63, 3.8) is 0 Å². The largest absolute Gasteiger partial charge is 0.248 e. The Morgan fingerprint density at radius 2 is 0.360 bits per heavy atom. The van der Waals surface area contributed by atoms with Crippen LogP contribution in [0, 0.1) is 0 Å². The molecule has 0 fully saturated rings. The molecule has 0 aliphatic heterocycles. The van der Waals surface area contributed by atoms with E-state index in [0.29, 0.717) is 0 Å². The van der Waals surface area contributed by atoms with Crippen molar-refractivity contribution < 1.29 is 0 Å². The summed E-state index contributed by atoms with van der Waals surface area (Å²) in [5.41, 5.74) is 35.3. The maximum atomic E-state index is 5.26. The van der Waals surface area contributed by atoms with Gasteiger partial charge in [-0.2, -0.15) is 0 Å². The molecule has 0 atom stereocenters. The van der Waals surface area contributed by atoms with Crippen molar-refractivity contribution in [3.05, 3.63) is 488 Å². The number of fused-ring (bicyclic) bond motifs is 28. The summed E-state index contributed by atoms with van der Waals surface area (Å²) >= 11 is 0. The molecule has 0 bridgehead atoms. The summed E-state index contributed by atoms with van der Waals surface area (Å²) in [6, 6.07) is 167. The first-order valence-corrected chi connectivity index (χ1v) is 48.6. The van der Waals surface area contributed by atoms with Crippen LogP contribution >= 0.6 is 0 Å². The van der Waals surface area contributed by atoms with Crippen molar-refractivity contribution in [2.24, 2.45) is 0 Å². The van der Waals surface area contributed by atoms with Gasteiger partial charge in [-0.05, 0) is 328 Å². The zero-order valence-corrected chi connectivity index (χ0v) is 78.1. The Balaban J connectivity index is 0.000000105. The normalized spacial score (nSPS) is 13.4. The van der Waals surface area contributed by atoms with E-state index >= 15 is 0 Å². The summed E-state index contributed by atoms with van der Waals surface area (Å²) in [7, 11) is 0. The Morgan fingerprint density at radius 3 is 0.734 bits per heavy atom. The summed E-state index contributed by atoms with van der Waals surface area (Å²) in [5.74, 6) is 0. The van der Waals surface area contributed by atoms with Gasteiger partial charge in [0.05, 0.1) is 33.6 Å². The number of nitrogens with zero attached hydrogens (tertiary/aromatic N) is 3. The molecule has 3 nitrogen and oxygen atoms in total. The molecule has 26 aromatic rings. The van der Waals surface area contributed by atoms with Crippen molar-refractivity contribution in [1.29, 1.82) is 0 Å². The third kappa shape index (κ3) is 13.2. The molecule has 3 heterocycles. The molecular weight excluding hydrogens is 1680 g/mol. The molecular formula is C136H93N3. The Labute approximate surface area is 807 Å². The number of hydrogen-bond donors (Lipinski definition) is 0. The lowest BCUT2D eigenvalue weighted by Gasteiger charge is -2.23. The predicted octanol–water partition coefficient (Wildman–Crippen LogP) is 36.8. The highest BCUT2D eigenvalue weighted by Crippen LogP contribution is 2.56.